The first-order valence-corrected chi connectivity index (χ1v) is 8.47. The molecule has 110 valence electrons. The zero-order valence-electron chi connectivity index (χ0n) is 12.2. The number of piperidine rings is 1. The number of nitrogens with zero attached hydrogens (tertiary/aromatic N) is 1. The molecular weight excluding hydrogens is 289 g/mol. The van der Waals surface area contributed by atoms with Gasteiger partial charge in [0, 0.05) is 6.54 Å². The molecule has 1 aromatic carbocycles. The van der Waals surface area contributed by atoms with Gasteiger partial charge in [-0.15, -0.1) is 0 Å². The summed E-state index contributed by atoms with van der Waals surface area (Å²) in [5, 5.41) is 1.35. The predicted molar refractivity (Wildman–Crippen MR) is 86.7 cm³/mol. The van der Waals surface area contributed by atoms with Gasteiger partial charge in [-0.05, 0) is 68.3 Å². The lowest BCUT2D eigenvalue weighted by atomic mass is 9.67. The van der Waals surface area contributed by atoms with Crippen LogP contribution in [-0.2, 0) is 6.42 Å². The fourth-order valence-electron chi connectivity index (χ4n) is 4.34. The van der Waals surface area contributed by atoms with Crippen LogP contribution in [0.3, 0.4) is 0 Å². The van der Waals surface area contributed by atoms with Gasteiger partial charge < -0.3 is 4.90 Å². The fourth-order valence-corrected chi connectivity index (χ4v) is 4.66. The van der Waals surface area contributed by atoms with Crippen LogP contribution in [0.25, 0.3) is 0 Å². The molecule has 0 radical (unpaired) electrons. The highest BCUT2D eigenvalue weighted by atomic mass is 35.5. The second-order valence-electron chi connectivity index (χ2n) is 6.75. The summed E-state index contributed by atoms with van der Waals surface area (Å²) in [5.74, 6) is 0.804. The maximum Gasteiger partial charge on any atom is 0.0595 e. The van der Waals surface area contributed by atoms with E-state index in [9.17, 15) is 0 Å². The minimum Gasteiger partial charge on any atom is -0.306 e. The quantitative estimate of drug-likeness (QED) is 0.739. The van der Waals surface area contributed by atoms with Gasteiger partial charge in [0.05, 0.1) is 10.0 Å². The lowest BCUT2D eigenvalue weighted by Crippen LogP contribution is -2.46. The first-order valence-electron chi connectivity index (χ1n) is 7.72. The summed E-state index contributed by atoms with van der Waals surface area (Å²) < 4.78 is 0. The molecule has 2 aliphatic rings. The van der Waals surface area contributed by atoms with Gasteiger partial charge in [-0.2, -0.15) is 0 Å². The second-order valence-corrected chi connectivity index (χ2v) is 7.56. The van der Waals surface area contributed by atoms with Crippen molar-refractivity contribution >= 4 is 23.2 Å². The lowest BCUT2D eigenvalue weighted by Gasteiger charge is -2.46. The molecule has 20 heavy (non-hydrogen) atoms. The molecule has 0 bridgehead atoms. The van der Waals surface area contributed by atoms with Crippen molar-refractivity contribution in [1.29, 1.82) is 0 Å². The molecule has 1 aromatic rings. The number of hydrogen-bond acceptors (Lipinski definition) is 1. The third-order valence-electron chi connectivity index (χ3n) is 5.38. The van der Waals surface area contributed by atoms with Gasteiger partial charge in [0.1, 0.15) is 0 Å². The molecule has 0 amide bonds. The molecule has 1 nitrogen and oxygen atoms in total. The van der Waals surface area contributed by atoms with Crippen molar-refractivity contribution in [3.05, 3.63) is 33.8 Å². The Balaban J connectivity index is 1.79. The van der Waals surface area contributed by atoms with Crippen molar-refractivity contribution in [1.82, 2.24) is 4.90 Å². The van der Waals surface area contributed by atoms with E-state index in [4.69, 9.17) is 23.2 Å². The molecule has 1 aliphatic heterocycles. The third kappa shape index (κ3) is 2.86. The Morgan fingerprint density at radius 1 is 1.20 bits per heavy atom. The van der Waals surface area contributed by atoms with Gasteiger partial charge in [0.15, 0.2) is 0 Å². The number of likely N-dealkylation sites (tertiary alicyclic amines) is 1. The SMILES string of the molecule is CN1CCC(Cc2ccc(Cl)c(Cl)c2)C2(CCCC2)C1. The van der Waals surface area contributed by atoms with Crippen molar-refractivity contribution in [3.8, 4) is 0 Å². The van der Waals surface area contributed by atoms with E-state index in [1.807, 2.05) is 6.07 Å². The molecule has 1 atom stereocenters. The Labute approximate surface area is 132 Å². The Morgan fingerprint density at radius 2 is 1.95 bits per heavy atom. The number of halogens is 2. The van der Waals surface area contributed by atoms with Crippen LogP contribution >= 0.6 is 23.2 Å². The monoisotopic (exact) mass is 311 g/mol. The Morgan fingerprint density at radius 3 is 2.65 bits per heavy atom. The third-order valence-corrected chi connectivity index (χ3v) is 6.11. The molecule has 1 heterocycles. The van der Waals surface area contributed by atoms with E-state index in [1.54, 1.807) is 0 Å². The summed E-state index contributed by atoms with van der Waals surface area (Å²) in [5.41, 5.74) is 1.90. The van der Waals surface area contributed by atoms with Crippen LogP contribution in [0.2, 0.25) is 10.0 Å². The minimum absolute atomic E-state index is 0.555. The van der Waals surface area contributed by atoms with Crippen molar-refractivity contribution in [2.24, 2.45) is 11.3 Å². The standard InChI is InChI=1S/C17H23Cl2N/c1-20-9-6-14(17(12-20)7-2-3-8-17)10-13-4-5-15(18)16(19)11-13/h4-5,11,14H,2-3,6-10,12H2,1H3. The Hall–Kier alpha value is -0.240. The van der Waals surface area contributed by atoms with Gasteiger partial charge in [-0.3, -0.25) is 0 Å². The molecule has 3 rings (SSSR count). The van der Waals surface area contributed by atoms with E-state index in [0.717, 1.165) is 12.3 Å². The normalized spacial score (nSPS) is 26.2. The second kappa shape index (κ2) is 5.87. The van der Waals surface area contributed by atoms with Gasteiger partial charge in [-0.1, -0.05) is 42.1 Å². The molecular formula is C17H23Cl2N. The zero-order valence-corrected chi connectivity index (χ0v) is 13.7. The van der Waals surface area contributed by atoms with Crippen LogP contribution in [-0.4, -0.2) is 25.0 Å². The summed E-state index contributed by atoms with van der Waals surface area (Å²) in [4.78, 5) is 2.52. The van der Waals surface area contributed by atoms with Gasteiger partial charge >= 0.3 is 0 Å². The molecule has 0 aromatic heterocycles. The molecule has 1 saturated carbocycles. The average molecular weight is 312 g/mol. The Kier molecular flexibility index (Phi) is 4.31. The molecule has 1 spiro atoms. The number of rotatable bonds is 2. The first kappa shape index (κ1) is 14.7. The summed E-state index contributed by atoms with van der Waals surface area (Å²) >= 11 is 12.2. The van der Waals surface area contributed by atoms with Gasteiger partial charge in [0.25, 0.3) is 0 Å². The van der Waals surface area contributed by atoms with E-state index < -0.39 is 0 Å². The van der Waals surface area contributed by atoms with Gasteiger partial charge in [0.2, 0.25) is 0 Å². The van der Waals surface area contributed by atoms with E-state index in [2.05, 4.69) is 24.1 Å². The summed E-state index contributed by atoms with van der Waals surface area (Å²) in [6, 6.07) is 6.15. The fraction of sp³-hybridized carbons (Fsp3) is 0.647. The highest BCUT2D eigenvalue weighted by Crippen LogP contribution is 2.49. The highest BCUT2D eigenvalue weighted by molar-refractivity contribution is 6.42. The molecule has 1 saturated heterocycles. The summed E-state index contributed by atoms with van der Waals surface area (Å²) in [6.45, 7) is 2.51. The minimum atomic E-state index is 0.555. The largest absolute Gasteiger partial charge is 0.306 e. The molecule has 2 fully saturated rings. The molecule has 1 aliphatic carbocycles. The zero-order chi connectivity index (χ0) is 14.2. The van der Waals surface area contributed by atoms with Crippen molar-refractivity contribution in [2.45, 2.75) is 38.5 Å². The topological polar surface area (TPSA) is 3.24 Å². The first-order chi connectivity index (χ1) is 9.59. The van der Waals surface area contributed by atoms with Crippen LogP contribution < -0.4 is 0 Å². The van der Waals surface area contributed by atoms with Crippen LogP contribution in [0.1, 0.15) is 37.7 Å². The number of benzene rings is 1. The molecule has 3 heteroatoms. The van der Waals surface area contributed by atoms with E-state index >= 15 is 0 Å². The number of hydrogen-bond donors (Lipinski definition) is 0. The van der Waals surface area contributed by atoms with Crippen molar-refractivity contribution < 1.29 is 0 Å². The Bertz CT molecular complexity index is 480. The average Bonchev–Trinajstić information content (AvgIpc) is 2.86. The maximum atomic E-state index is 6.17. The van der Waals surface area contributed by atoms with Crippen LogP contribution in [0.5, 0.6) is 0 Å². The summed E-state index contributed by atoms with van der Waals surface area (Å²) in [7, 11) is 2.27. The van der Waals surface area contributed by atoms with Gasteiger partial charge in [-0.25, -0.2) is 0 Å². The summed E-state index contributed by atoms with van der Waals surface area (Å²) in [6.07, 6.45) is 8.10. The maximum absolute atomic E-state index is 6.17. The highest BCUT2D eigenvalue weighted by Gasteiger charge is 2.43. The van der Waals surface area contributed by atoms with Crippen molar-refractivity contribution in [3.63, 3.8) is 0 Å². The van der Waals surface area contributed by atoms with E-state index in [-0.39, 0.29) is 0 Å². The van der Waals surface area contributed by atoms with E-state index in [0.29, 0.717) is 15.5 Å². The molecule has 1 unspecified atom stereocenters. The lowest BCUT2D eigenvalue weighted by molar-refractivity contribution is 0.0453. The molecule has 0 N–H and O–H groups in total. The van der Waals surface area contributed by atoms with Crippen molar-refractivity contribution in [2.75, 3.05) is 20.1 Å². The van der Waals surface area contributed by atoms with Crippen LogP contribution in [0.15, 0.2) is 18.2 Å². The predicted octanol–water partition coefficient (Wildman–Crippen LogP) is 5.05. The van der Waals surface area contributed by atoms with Crippen LogP contribution in [0.4, 0.5) is 0 Å². The van der Waals surface area contributed by atoms with Crippen LogP contribution in [0, 0.1) is 11.3 Å². The van der Waals surface area contributed by atoms with E-state index in [1.165, 1.54) is 50.8 Å². The smallest absolute Gasteiger partial charge is 0.0595 e.